The second-order valence-corrected chi connectivity index (χ2v) is 4.20. The zero-order valence-corrected chi connectivity index (χ0v) is 7.30. The zero-order chi connectivity index (χ0) is 9.00. The van der Waals surface area contributed by atoms with Crippen LogP contribution in [0.3, 0.4) is 0 Å². The first-order valence-corrected chi connectivity index (χ1v) is 6.59. The molecular weight excluding hydrogens is 286 g/mol. The largest absolute Gasteiger partial charge is 0.466 e. The van der Waals surface area contributed by atoms with Gasteiger partial charge in [0.05, 0.1) is 0 Å². The maximum absolute atomic E-state index is 8.88. The molecule has 0 aliphatic rings. The third-order valence-corrected chi connectivity index (χ3v) is 0. The summed E-state index contributed by atoms with van der Waals surface area (Å²) in [7, 11) is -4.64. The molecule has 0 fully saturated rings. The van der Waals surface area contributed by atoms with Gasteiger partial charge in [-0.05, 0) is 0 Å². The van der Waals surface area contributed by atoms with Crippen molar-refractivity contribution in [3.8, 4) is 0 Å². The number of hydrogen-bond donors (Lipinski definition) is 4. The zero-order valence-electron chi connectivity index (χ0n) is 4.25. The first-order valence-electron chi connectivity index (χ1n) is 1.41. The molecule has 0 atom stereocenters. The Bertz CT molecular complexity index is 101. The lowest BCUT2D eigenvalue weighted by atomic mass is 15.8. The summed E-state index contributed by atoms with van der Waals surface area (Å²) in [5, 5.41) is 0. The summed E-state index contributed by atoms with van der Waals surface area (Å²) in [5.41, 5.74) is 0. The summed E-state index contributed by atoms with van der Waals surface area (Å²) in [6.07, 6.45) is 0. The van der Waals surface area contributed by atoms with Crippen LogP contribution >= 0.6 is 7.82 Å². The fraction of sp³-hybridized carbons (Fsp3) is 0. The van der Waals surface area contributed by atoms with Crippen molar-refractivity contribution < 1.29 is 53.1 Å². The minimum atomic E-state index is -5.69. The molecule has 0 unspecified atom stereocenters. The Labute approximate surface area is 61.3 Å². The van der Waals surface area contributed by atoms with E-state index < -0.39 is 27.9 Å². The highest BCUT2D eigenvalue weighted by Crippen LogP contribution is 2.25. The second kappa shape index (κ2) is 4.54. The number of phosphoric acid groups is 1. The summed E-state index contributed by atoms with van der Waals surface area (Å²) in [5.74, 6) is 0. The monoisotopic (exact) mass is 290 g/mol. The molecule has 0 saturated carbocycles. The first-order chi connectivity index (χ1) is 4.00. The van der Waals surface area contributed by atoms with Crippen molar-refractivity contribution in [2.24, 2.45) is 0 Å². The van der Waals surface area contributed by atoms with E-state index in [0.717, 1.165) is 0 Å². The fourth-order valence-corrected chi connectivity index (χ4v) is 0. The minimum Gasteiger partial charge on any atom is -0.303 e. The predicted molar refractivity (Wildman–Crippen MR) is 16.5 cm³/mol. The van der Waals surface area contributed by atoms with Gasteiger partial charge in [0.25, 0.3) is 0 Å². The maximum Gasteiger partial charge on any atom is 0.466 e. The van der Waals surface area contributed by atoms with Crippen LogP contribution < -0.4 is 30.4 Å². The molecule has 0 aliphatic heterocycles. The van der Waals surface area contributed by atoms with Crippen molar-refractivity contribution in [2.45, 2.75) is 0 Å². The van der Waals surface area contributed by atoms with Crippen LogP contribution in [0, 0.1) is 0 Å². The molecule has 0 saturated heterocycles. The Morgan fingerprint density at radius 2 is 1.10 bits per heavy atom. The van der Waals surface area contributed by atoms with Gasteiger partial charge in [0.15, 0.2) is 0 Å². The van der Waals surface area contributed by atoms with Crippen LogP contribution in [0.15, 0.2) is 0 Å². The van der Waals surface area contributed by atoms with Crippen molar-refractivity contribution in [1.82, 2.24) is 0 Å². The van der Waals surface area contributed by atoms with Gasteiger partial charge < -0.3 is 14.7 Å². The molecule has 64 valence electrons. The van der Waals surface area contributed by atoms with Crippen molar-refractivity contribution in [1.29, 1.82) is 0 Å². The molecule has 0 spiro atoms. The van der Waals surface area contributed by atoms with Crippen molar-refractivity contribution in [3.63, 3.8) is 0 Å². The third-order valence-electron chi connectivity index (χ3n) is 0. The maximum atomic E-state index is 8.88. The van der Waals surface area contributed by atoms with E-state index in [0.29, 0.717) is 0 Å². The molecule has 0 heterocycles. The van der Waals surface area contributed by atoms with E-state index in [9.17, 15) is 0 Å². The highest BCUT2D eigenvalue weighted by Gasteiger charge is 2.11. The number of hydrogen-bond acceptors (Lipinski definition) is 5. The van der Waals surface area contributed by atoms with Crippen LogP contribution in [-0.2, 0) is 4.57 Å². The van der Waals surface area contributed by atoms with Gasteiger partial charge in [-0.2, -0.15) is 0 Å². The van der Waals surface area contributed by atoms with E-state index in [2.05, 4.69) is 0 Å². The van der Waals surface area contributed by atoms with E-state index >= 15 is 0 Å². The molecule has 4 N–H and O–H groups in total. The molecule has 0 aliphatic carbocycles. The molecule has 8 nitrogen and oxygen atoms in total. The summed E-state index contributed by atoms with van der Waals surface area (Å²) < 4.78 is 42.1. The summed E-state index contributed by atoms with van der Waals surface area (Å²) in [6, 6.07) is 0. The van der Waals surface area contributed by atoms with Gasteiger partial charge in [0.2, 0.25) is 0 Å². The van der Waals surface area contributed by atoms with Crippen LogP contribution in [0.25, 0.3) is 0 Å². The van der Waals surface area contributed by atoms with Gasteiger partial charge in [-0.25, -0.2) is 4.57 Å². The van der Waals surface area contributed by atoms with Gasteiger partial charge in [-0.1, -0.05) is 0 Å². The minimum absolute atomic E-state index is 4.64. The third kappa shape index (κ3) is 1110. The normalized spacial score (nSPS) is 11.9. The van der Waals surface area contributed by atoms with Crippen LogP contribution in [0.4, 0.5) is 0 Å². The van der Waals surface area contributed by atoms with Crippen LogP contribution in [0.5, 0.6) is 0 Å². The summed E-state index contributed by atoms with van der Waals surface area (Å²) in [4.78, 5) is 21.6. The molecule has 10 heavy (non-hydrogen) atoms. The standard InChI is InChI=1S/HIO4.H3O4P/c2-1(3,4)5;1-5(2,3)4/h2H;(H3,1,2,3,4). The van der Waals surface area contributed by atoms with Crippen LogP contribution in [0.2, 0.25) is 0 Å². The van der Waals surface area contributed by atoms with Crippen molar-refractivity contribution in [3.05, 3.63) is 0 Å². The molecular formula is H4IO8P. The Morgan fingerprint density at radius 3 is 1.10 bits per heavy atom. The molecule has 0 radical (unpaired) electrons. The van der Waals surface area contributed by atoms with Gasteiger partial charge in [0, 0.05) is 3.44 Å². The average Bonchev–Trinajstić information content (AvgIpc) is 1.12. The SMILES string of the molecule is O=P(O)(O)O.[O-][I+3]([O-])([O-])O. The summed E-state index contributed by atoms with van der Waals surface area (Å²) in [6.45, 7) is 0. The first kappa shape index (κ1) is 13.3. The number of rotatable bonds is 0. The molecule has 0 aromatic carbocycles. The van der Waals surface area contributed by atoms with Gasteiger partial charge in [-0.15, -0.1) is 0 Å². The van der Waals surface area contributed by atoms with Crippen molar-refractivity contribution in [2.75, 3.05) is 0 Å². The Kier molecular flexibility index (Phi) is 6.03. The highest BCUT2D eigenvalue weighted by molar-refractivity contribution is 7.45. The smallest absolute Gasteiger partial charge is 0.303 e. The molecule has 0 bridgehead atoms. The molecule has 10 heteroatoms. The molecule has 0 amide bonds. The predicted octanol–water partition coefficient (Wildman–Crippen LogP) is -8.05. The van der Waals surface area contributed by atoms with Crippen LogP contribution in [-0.4, -0.2) is 18.1 Å². The molecule has 0 aromatic rings. The van der Waals surface area contributed by atoms with E-state index in [-0.39, 0.29) is 0 Å². The fourth-order valence-electron chi connectivity index (χ4n) is 0. The van der Waals surface area contributed by atoms with E-state index in [1.165, 1.54) is 0 Å². The lowest BCUT2D eigenvalue weighted by molar-refractivity contribution is -1.92. The van der Waals surface area contributed by atoms with Crippen molar-refractivity contribution >= 4 is 7.82 Å². The Hall–Kier alpha value is 0.680. The second-order valence-electron chi connectivity index (χ2n) is 0.909. The summed E-state index contributed by atoms with van der Waals surface area (Å²) >= 11 is -5.69. The molecule has 0 rings (SSSR count). The lowest BCUT2D eigenvalue weighted by Crippen LogP contribution is -4.23. The van der Waals surface area contributed by atoms with E-state index in [1.54, 1.807) is 0 Å². The van der Waals surface area contributed by atoms with Crippen LogP contribution in [0.1, 0.15) is 0 Å². The molecule has 0 aromatic heterocycles. The number of halogens is 1. The Morgan fingerprint density at radius 1 is 1.10 bits per heavy atom. The van der Waals surface area contributed by atoms with E-state index in [1.807, 2.05) is 0 Å². The van der Waals surface area contributed by atoms with Gasteiger partial charge in [-0.3, -0.25) is 10.3 Å². The average molecular weight is 290 g/mol. The van der Waals surface area contributed by atoms with Gasteiger partial charge in [0.1, 0.15) is 0 Å². The van der Waals surface area contributed by atoms with Gasteiger partial charge >= 0.3 is 27.9 Å². The Balaban J connectivity index is 0. The quantitative estimate of drug-likeness (QED) is 0.252. The highest BCUT2D eigenvalue weighted by atomic mass is 127. The lowest BCUT2D eigenvalue weighted by Gasteiger charge is -1.93. The van der Waals surface area contributed by atoms with E-state index in [4.69, 9.17) is 33.0 Å². The topological polar surface area (TPSA) is 167 Å².